The van der Waals surface area contributed by atoms with Crippen LogP contribution in [0, 0.1) is 0 Å². The van der Waals surface area contributed by atoms with Gasteiger partial charge in [0.1, 0.15) is 0 Å². The summed E-state index contributed by atoms with van der Waals surface area (Å²) in [6.07, 6.45) is 1.74. The van der Waals surface area contributed by atoms with E-state index in [1.54, 1.807) is 17.0 Å². The molecule has 2 rings (SSSR count). The molecule has 1 fully saturated rings. The molecule has 1 aliphatic rings. The molecule has 1 saturated heterocycles. The zero-order valence-electron chi connectivity index (χ0n) is 17.5. The average molecular weight is 427 g/mol. The molecular formula is C21H31ClN2O5. The predicted octanol–water partition coefficient (Wildman–Crippen LogP) is 3.23. The van der Waals surface area contributed by atoms with Crippen molar-refractivity contribution in [3.05, 3.63) is 17.7 Å². The van der Waals surface area contributed by atoms with Crippen molar-refractivity contribution < 1.29 is 23.8 Å². The molecule has 29 heavy (non-hydrogen) atoms. The number of carbonyl (C=O) groups excluding carboxylic acids is 2. The zero-order valence-corrected chi connectivity index (χ0v) is 18.2. The quantitative estimate of drug-likeness (QED) is 0.581. The van der Waals surface area contributed by atoms with Crippen LogP contribution < -0.4 is 19.5 Å². The van der Waals surface area contributed by atoms with Crippen molar-refractivity contribution in [1.82, 2.24) is 10.2 Å². The fourth-order valence-corrected chi connectivity index (χ4v) is 3.48. The molecule has 1 aromatic carbocycles. The number of benzene rings is 1. The number of halogens is 1. The first-order valence-corrected chi connectivity index (χ1v) is 10.8. The lowest BCUT2D eigenvalue weighted by molar-refractivity contribution is -0.121. The van der Waals surface area contributed by atoms with Gasteiger partial charge in [-0.2, -0.15) is 0 Å². The predicted molar refractivity (Wildman–Crippen MR) is 112 cm³/mol. The molecule has 0 aliphatic carbocycles. The Kier molecular flexibility index (Phi) is 9.38. The van der Waals surface area contributed by atoms with Crippen molar-refractivity contribution in [2.75, 3.05) is 38.8 Å². The fraction of sp³-hybridized carbons (Fsp3) is 0.619. The number of hydrogen-bond donors (Lipinski definition) is 1. The lowest BCUT2D eigenvalue weighted by Crippen LogP contribution is -2.46. The smallest absolute Gasteiger partial charge is 0.254 e. The molecule has 0 bridgehead atoms. The first-order valence-electron chi connectivity index (χ1n) is 10.2. The zero-order chi connectivity index (χ0) is 21.2. The Morgan fingerprint density at radius 1 is 1.03 bits per heavy atom. The van der Waals surface area contributed by atoms with Crippen LogP contribution in [-0.2, 0) is 4.79 Å². The summed E-state index contributed by atoms with van der Waals surface area (Å²) < 4.78 is 17.1. The third-order valence-electron chi connectivity index (χ3n) is 4.62. The van der Waals surface area contributed by atoms with Gasteiger partial charge in [-0.15, -0.1) is 11.6 Å². The number of nitrogens with one attached hydrogen (secondary N) is 1. The average Bonchev–Trinajstić information content (AvgIpc) is 2.71. The summed E-state index contributed by atoms with van der Waals surface area (Å²) in [6.45, 7) is 8.18. The summed E-state index contributed by atoms with van der Waals surface area (Å²) in [5.41, 5.74) is 0.505. The number of likely N-dealkylation sites (tertiary alicyclic amines) is 1. The van der Waals surface area contributed by atoms with Crippen LogP contribution in [0.15, 0.2) is 12.1 Å². The van der Waals surface area contributed by atoms with E-state index in [1.807, 2.05) is 20.8 Å². The minimum Gasteiger partial charge on any atom is -0.490 e. The summed E-state index contributed by atoms with van der Waals surface area (Å²) in [5, 5.41) is 2.97. The molecule has 1 N–H and O–H groups in total. The number of hydrogen-bond acceptors (Lipinski definition) is 5. The van der Waals surface area contributed by atoms with E-state index in [0.717, 1.165) is 0 Å². The Hall–Kier alpha value is -2.15. The maximum atomic E-state index is 13.1. The van der Waals surface area contributed by atoms with Crippen molar-refractivity contribution in [1.29, 1.82) is 0 Å². The lowest BCUT2D eigenvalue weighted by Gasteiger charge is -2.32. The summed E-state index contributed by atoms with van der Waals surface area (Å²) in [4.78, 5) is 26.6. The van der Waals surface area contributed by atoms with Gasteiger partial charge in [-0.05, 0) is 45.7 Å². The summed E-state index contributed by atoms with van der Waals surface area (Å²) in [7, 11) is 0. The van der Waals surface area contributed by atoms with Gasteiger partial charge in [0.15, 0.2) is 11.5 Å². The topological polar surface area (TPSA) is 77.1 Å². The Morgan fingerprint density at radius 3 is 2.07 bits per heavy atom. The van der Waals surface area contributed by atoms with Crippen LogP contribution in [0.3, 0.4) is 0 Å². The van der Waals surface area contributed by atoms with Gasteiger partial charge >= 0.3 is 0 Å². The SMILES string of the molecule is CCOc1cc(C(=O)N2CCC(NC(=O)CCCl)CC2)cc(OCC)c1OCC. The number of rotatable bonds is 10. The van der Waals surface area contributed by atoms with Crippen molar-refractivity contribution in [2.45, 2.75) is 46.1 Å². The molecule has 2 amide bonds. The summed E-state index contributed by atoms with van der Waals surface area (Å²) in [6, 6.07) is 3.51. The minimum absolute atomic E-state index is 0.0426. The van der Waals surface area contributed by atoms with Crippen LogP contribution >= 0.6 is 11.6 Å². The second kappa shape index (κ2) is 11.8. The van der Waals surface area contributed by atoms with E-state index in [1.165, 1.54) is 0 Å². The van der Waals surface area contributed by atoms with Crippen LogP contribution in [-0.4, -0.2) is 61.5 Å². The van der Waals surface area contributed by atoms with Gasteiger partial charge in [-0.1, -0.05) is 0 Å². The highest BCUT2D eigenvalue weighted by atomic mass is 35.5. The third-order valence-corrected chi connectivity index (χ3v) is 4.81. The van der Waals surface area contributed by atoms with Crippen molar-refractivity contribution in [2.24, 2.45) is 0 Å². The first kappa shape index (κ1) is 23.1. The maximum Gasteiger partial charge on any atom is 0.254 e. The number of carbonyl (C=O) groups is 2. The van der Waals surface area contributed by atoms with E-state index < -0.39 is 0 Å². The van der Waals surface area contributed by atoms with E-state index in [0.29, 0.717) is 80.9 Å². The number of nitrogens with zero attached hydrogens (tertiary/aromatic N) is 1. The largest absolute Gasteiger partial charge is 0.490 e. The number of piperidine rings is 1. The number of ether oxygens (including phenoxy) is 3. The monoisotopic (exact) mass is 426 g/mol. The highest BCUT2D eigenvalue weighted by molar-refractivity contribution is 6.18. The van der Waals surface area contributed by atoms with Gasteiger partial charge in [0, 0.05) is 37.0 Å². The van der Waals surface area contributed by atoms with Gasteiger partial charge in [0.2, 0.25) is 11.7 Å². The van der Waals surface area contributed by atoms with E-state index in [2.05, 4.69) is 5.32 Å². The van der Waals surface area contributed by atoms with Gasteiger partial charge < -0.3 is 24.4 Å². The highest BCUT2D eigenvalue weighted by Gasteiger charge is 2.26. The molecule has 1 aromatic rings. The Labute approximate surface area is 177 Å². The molecular weight excluding hydrogens is 396 g/mol. The molecule has 0 saturated carbocycles. The van der Waals surface area contributed by atoms with Gasteiger partial charge in [-0.25, -0.2) is 0 Å². The molecule has 7 nitrogen and oxygen atoms in total. The van der Waals surface area contributed by atoms with E-state index in [-0.39, 0.29) is 17.9 Å². The molecule has 1 heterocycles. The number of amides is 2. The van der Waals surface area contributed by atoms with Gasteiger partial charge in [0.25, 0.3) is 5.91 Å². The van der Waals surface area contributed by atoms with E-state index >= 15 is 0 Å². The lowest BCUT2D eigenvalue weighted by atomic mass is 10.0. The van der Waals surface area contributed by atoms with Gasteiger partial charge in [-0.3, -0.25) is 9.59 Å². The first-order chi connectivity index (χ1) is 14.0. The van der Waals surface area contributed by atoms with Crippen LogP contribution in [0.4, 0.5) is 0 Å². The molecule has 0 unspecified atom stereocenters. The molecule has 0 spiro atoms. The second-order valence-electron chi connectivity index (χ2n) is 6.67. The normalized spacial score (nSPS) is 14.4. The Morgan fingerprint density at radius 2 is 1.59 bits per heavy atom. The molecule has 8 heteroatoms. The van der Waals surface area contributed by atoms with Gasteiger partial charge in [0.05, 0.1) is 19.8 Å². The fourth-order valence-electron chi connectivity index (χ4n) is 3.31. The highest BCUT2D eigenvalue weighted by Crippen LogP contribution is 2.39. The molecule has 1 aliphatic heterocycles. The third kappa shape index (κ3) is 6.42. The Bertz CT molecular complexity index is 663. The number of alkyl halides is 1. The summed E-state index contributed by atoms with van der Waals surface area (Å²) in [5.74, 6) is 1.72. The second-order valence-corrected chi connectivity index (χ2v) is 7.05. The Balaban J connectivity index is 2.13. The summed E-state index contributed by atoms with van der Waals surface area (Å²) >= 11 is 5.60. The molecule has 0 atom stereocenters. The standard InChI is InChI=1S/C21H31ClN2O5/c1-4-27-17-13-15(14-18(28-5-2)20(17)29-6-3)21(26)24-11-8-16(9-12-24)23-19(25)7-10-22/h13-14,16H,4-12H2,1-3H3,(H,23,25). The maximum absolute atomic E-state index is 13.1. The van der Waals surface area contributed by atoms with E-state index in [4.69, 9.17) is 25.8 Å². The van der Waals surface area contributed by atoms with E-state index in [9.17, 15) is 9.59 Å². The van der Waals surface area contributed by atoms with Crippen LogP contribution in [0.5, 0.6) is 17.2 Å². The molecule has 162 valence electrons. The van der Waals surface area contributed by atoms with Crippen LogP contribution in [0.2, 0.25) is 0 Å². The van der Waals surface area contributed by atoms with Crippen molar-refractivity contribution >= 4 is 23.4 Å². The minimum atomic E-state index is -0.0829. The van der Waals surface area contributed by atoms with Crippen molar-refractivity contribution in [3.63, 3.8) is 0 Å². The van der Waals surface area contributed by atoms with Crippen LogP contribution in [0.25, 0.3) is 0 Å². The van der Waals surface area contributed by atoms with Crippen molar-refractivity contribution in [3.8, 4) is 17.2 Å². The molecule has 0 radical (unpaired) electrons. The molecule has 0 aromatic heterocycles. The van der Waals surface area contributed by atoms with Crippen LogP contribution in [0.1, 0.15) is 50.4 Å².